The van der Waals surface area contributed by atoms with E-state index in [1.807, 2.05) is 107 Å². The smallest absolute Gasteiger partial charge is 0.407 e. The lowest BCUT2D eigenvalue weighted by Crippen LogP contribution is -2.64. The second kappa shape index (κ2) is 16.9. The van der Waals surface area contributed by atoms with Gasteiger partial charge in [-0.2, -0.15) is 0 Å². The first-order valence-electron chi connectivity index (χ1n) is 17.3. The van der Waals surface area contributed by atoms with Crippen LogP contribution < -0.4 is 21.4 Å². The van der Waals surface area contributed by atoms with Crippen molar-refractivity contribution in [1.82, 2.24) is 31.4 Å². The number of aliphatic hydroxyl groups is 1. The van der Waals surface area contributed by atoms with Crippen molar-refractivity contribution < 1.29 is 29.0 Å². The lowest BCUT2D eigenvalue weighted by atomic mass is 9.58. The van der Waals surface area contributed by atoms with Crippen LogP contribution in [0.4, 0.5) is 4.79 Å². The number of hydrazine groups is 1. The van der Waals surface area contributed by atoms with E-state index >= 15 is 0 Å². The number of carbonyl (C=O) groups is 4. The second-order valence-corrected chi connectivity index (χ2v) is 14.9. The summed E-state index contributed by atoms with van der Waals surface area (Å²) in [6, 6.07) is 21.2. The molecule has 1 aromatic heterocycles. The number of aromatic nitrogens is 1. The van der Waals surface area contributed by atoms with Crippen molar-refractivity contribution in [3.63, 3.8) is 0 Å². The normalized spacial score (nSPS) is 18.4. The number of amides is 4. The number of aliphatic hydroxyl groups excluding tert-OH is 1. The number of ether oxygens (including phenoxy) is 1. The fourth-order valence-electron chi connectivity index (χ4n) is 6.41. The average molecular weight is 701 g/mol. The Bertz CT molecular complexity index is 1630. The highest BCUT2D eigenvalue weighted by molar-refractivity contribution is 5.86. The number of rotatable bonds is 14. The van der Waals surface area contributed by atoms with Gasteiger partial charge in [0.15, 0.2) is 0 Å². The lowest BCUT2D eigenvalue weighted by Gasteiger charge is -2.51. The van der Waals surface area contributed by atoms with Gasteiger partial charge in [-0.05, 0) is 46.9 Å². The molecule has 0 bridgehead atoms. The second-order valence-electron chi connectivity index (χ2n) is 14.9. The van der Waals surface area contributed by atoms with Crippen molar-refractivity contribution >= 4 is 23.8 Å². The Hall–Kier alpha value is -4.81. The number of nitrogens with zero attached hydrogens (tertiary/aromatic N) is 2. The van der Waals surface area contributed by atoms with Crippen molar-refractivity contribution in [2.24, 2.45) is 16.7 Å². The van der Waals surface area contributed by atoms with Gasteiger partial charge in [-0.15, -0.1) is 0 Å². The van der Waals surface area contributed by atoms with Crippen molar-refractivity contribution in [1.29, 1.82) is 0 Å². The number of alkyl carbamates (subject to hydrolysis) is 1. The molecule has 12 heteroatoms. The molecular formula is C39H52N6O6. The quantitative estimate of drug-likeness (QED) is 0.158. The van der Waals surface area contributed by atoms with Gasteiger partial charge in [-0.3, -0.25) is 24.8 Å². The lowest BCUT2D eigenvalue weighted by molar-refractivity contribution is -0.142. The zero-order valence-electron chi connectivity index (χ0n) is 30.6. The zero-order chi connectivity index (χ0) is 37.3. The molecule has 0 unspecified atom stereocenters. The Labute approximate surface area is 300 Å². The van der Waals surface area contributed by atoms with Gasteiger partial charge in [0, 0.05) is 43.7 Å². The molecular weight excluding hydrogens is 648 g/mol. The summed E-state index contributed by atoms with van der Waals surface area (Å²) in [5.74, 6) is -1.22. The number of methoxy groups -OCH3 is 1. The average Bonchev–Trinajstić information content (AvgIpc) is 3.08. The Kier molecular flexibility index (Phi) is 12.9. The van der Waals surface area contributed by atoms with E-state index in [4.69, 9.17) is 4.74 Å². The van der Waals surface area contributed by atoms with Gasteiger partial charge in [-0.1, -0.05) is 95.3 Å². The van der Waals surface area contributed by atoms with E-state index in [2.05, 4.69) is 26.4 Å². The van der Waals surface area contributed by atoms with Gasteiger partial charge in [-0.25, -0.2) is 9.80 Å². The van der Waals surface area contributed by atoms with Crippen molar-refractivity contribution in [3.8, 4) is 11.3 Å². The van der Waals surface area contributed by atoms with Crippen LogP contribution in [0.2, 0.25) is 0 Å². The number of pyridine rings is 1. The Balaban J connectivity index is 1.59. The van der Waals surface area contributed by atoms with Crippen molar-refractivity contribution in [3.05, 3.63) is 90.1 Å². The maximum atomic E-state index is 13.8. The SMILES string of the molecule is COC(=O)N[C@H](C(=O)NN(Cc1ccc(-c2ccccn2)cc1)C[C@H](O)[C@H](Cc1ccccc1)NC(=O)[C@H]1C[C@@H](NC(C)=O)C1(C)C)C(C)(C)C. The predicted octanol–water partition coefficient (Wildman–Crippen LogP) is 3.99. The molecule has 1 aliphatic carbocycles. The minimum absolute atomic E-state index is 0.0524. The summed E-state index contributed by atoms with van der Waals surface area (Å²) in [6.45, 7) is 11.0. The number of benzene rings is 2. The van der Waals surface area contributed by atoms with E-state index in [0.717, 1.165) is 22.4 Å². The van der Waals surface area contributed by atoms with Crippen LogP contribution in [0.1, 0.15) is 59.1 Å². The molecule has 51 heavy (non-hydrogen) atoms. The zero-order valence-corrected chi connectivity index (χ0v) is 30.6. The minimum atomic E-state index is -1.13. The first-order chi connectivity index (χ1) is 24.1. The number of hydrogen-bond donors (Lipinski definition) is 5. The molecule has 5 atom stereocenters. The third kappa shape index (κ3) is 10.6. The summed E-state index contributed by atoms with van der Waals surface area (Å²) >= 11 is 0. The Morgan fingerprint density at radius 1 is 0.961 bits per heavy atom. The number of nitrogens with one attached hydrogen (secondary N) is 4. The van der Waals surface area contributed by atoms with Crippen LogP contribution in [0.5, 0.6) is 0 Å². The fourth-order valence-corrected chi connectivity index (χ4v) is 6.41. The summed E-state index contributed by atoms with van der Waals surface area (Å²) in [4.78, 5) is 55.9. The van der Waals surface area contributed by atoms with Crippen LogP contribution >= 0.6 is 0 Å². The first kappa shape index (κ1) is 39.0. The van der Waals surface area contributed by atoms with Crippen LogP contribution in [0.25, 0.3) is 11.3 Å². The van der Waals surface area contributed by atoms with E-state index in [0.29, 0.717) is 12.8 Å². The maximum absolute atomic E-state index is 13.8. The monoisotopic (exact) mass is 700 g/mol. The molecule has 274 valence electrons. The van der Waals surface area contributed by atoms with Crippen LogP contribution in [0, 0.1) is 16.7 Å². The molecule has 1 fully saturated rings. The third-order valence-corrected chi connectivity index (χ3v) is 9.59. The predicted molar refractivity (Wildman–Crippen MR) is 195 cm³/mol. The van der Waals surface area contributed by atoms with E-state index in [9.17, 15) is 24.3 Å². The molecule has 5 N–H and O–H groups in total. The summed E-state index contributed by atoms with van der Waals surface area (Å²) in [6.07, 6.45) is 0.689. The molecule has 3 aromatic rings. The van der Waals surface area contributed by atoms with Gasteiger partial charge in [0.05, 0.1) is 24.9 Å². The van der Waals surface area contributed by atoms with Crippen LogP contribution in [0.15, 0.2) is 79.0 Å². The molecule has 4 amide bonds. The highest BCUT2D eigenvalue weighted by Gasteiger charge is 2.52. The topological polar surface area (TPSA) is 162 Å². The van der Waals surface area contributed by atoms with E-state index < -0.39 is 41.0 Å². The van der Waals surface area contributed by atoms with E-state index in [1.165, 1.54) is 14.0 Å². The molecule has 0 radical (unpaired) electrons. The van der Waals surface area contributed by atoms with Crippen LogP contribution in [-0.2, 0) is 32.1 Å². The Morgan fingerprint density at radius 3 is 2.20 bits per heavy atom. The molecule has 4 rings (SSSR count). The summed E-state index contributed by atoms with van der Waals surface area (Å²) in [5, 5.41) is 22.1. The van der Waals surface area contributed by atoms with Gasteiger partial charge in [0.1, 0.15) is 6.04 Å². The molecule has 2 aromatic carbocycles. The van der Waals surface area contributed by atoms with Crippen LogP contribution in [-0.4, -0.2) is 76.8 Å². The standard InChI is InChI=1S/C39H52N6O6/c1-25(46)41-33-22-29(39(33,5)6)35(48)42-31(21-26-13-9-8-10-14-26)32(47)24-45(44-36(49)34(38(2,3)4)43-37(50)51-7)23-27-16-18-28(19-17-27)30-15-11-12-20-40-30/h8-20,29,31-34,47H,21-24H2,1-7H3,(H,41,46)(H,42,48)(H,43,50)(H,44,49)/t29-,31+,32+,33-,34-/m1/s1. The summed E-state index contributed by atoms with van der Waals surface area (Å²) in [7, 11) is 1.23. The van der Waals surface area contributed by atoms with E-state index in [-0.39, 0.29) is 36.9 Å². The summed E-state index contributed by atoms with van der Waals surface area (Å²) in [5.41, 5.74) is 5.29. The first-order valence-corrected chi connectivity index (χ1v) is 17.3. The largest absolute Gasteiger partial charge is 0.453 e. The molecule has 1 heterocycles. The highest BCUT2D eigenvalue weighted by atomic mass is 16.5. The van der Waals surface area contributed by atoms with Crippen molar-refractivity contribution in [2.75, 3.05) is 13.7 Å². The minimum Gasteiger partial charge on any atom is -0.453 e. The molecule has 0 saturated heterocycles. The van der Waals surface area contributed by atoms with Gasteiger partial charge in [0.25, 0.3) is 5.91 Å². The number of carbonyl (C=O) groups excluding carboxylic acids is 4. The molecule has 12 nitrogen and oxygen atoms in total. The number of hydrogen-bond acceptors (Lipinski definition) is 8. The fraction of sp³-hybridized carbons (Fsp3) is 0.462. The summed E-state index contributed by atoms with van der Waals surface area (Å²) < 4.78 is 4.79. The molecule has 1 saturated carbocycles. The molecule has 0 aliphatic heterocycles. The Morgan fingerprint density at radius 2 is 1.63 bits per heavy atom. The van der Waals surface area contributed by atoms with Crippen molar-refractivity contribution in [2.45, 2.75) is 85.2 Å². The molecule has 0 spiro atoms. The van der Waals surface area contributed by atoms with Crippen LogP contribution in [0.3, 0.4) is 0 Å². The van der Waals surface area contributed by atoms with Gasteiger partial charge in [0.2, 0.25) is 11.8 Å². The maximum Gasteiger partial charge on any atom is 0.407 e. The van der Waals surface area contributed by atoms with Gasteiger partial charge >= 0.3 is 6.09 Å². The van der Waals surface area contributed by atoms with Gasteiger partial charge < -0.3 is 25.8 Å². The third-order valence-electron chi connectivity index (χ3n) is 9.59. The van der Waals surface area contributed by atoms with E-state index in [1.54, 1.807) is 11.2 Å². The highest BCUT2D eigenvalue weighted by Crippen LogP contribution is 2.46. The molecule has 1 aliphatic rings.